The van der Waals surface area contributed by atoms with Gasteiger partial charge >= 0.3 is 0 Å². The van der Waals surface area contributed by atoms with Gasteiger partial charge in [0, 0.05) is 68.2 Å². The van der Waals surface area contributed by atoms with Crippen molar-refractivity contribution in [1.29, 1.82) is 0 Å². The first-order chi connectivity index (χ1) is 51.4. The Morgan fingerprint density at radius 3 is 0.505 bits per heavy atom. The molecule has 107 heavy (non-hydrogen) atoms. The van der Waals surface area contributed by atoms with Crippen LogP contribution in [0.3, 0.4) is 0 Å². The van der Waals surface area contributed by atoms with Crippen LogP contribution in [0.15, 0.2) is 182 Å². The van der Waals surface area contributed by atoms with Crippen molar-refractivity contribution >= 4 is 68.2 Å². The van der Waals surface area contributed by atoms with E-state index in [9.17, 15) is 0 Å². The molecule has 0 radical (unpaired) electrons. The molecule has 12 heteroatoms. The van der Waals surface area contributed by atoms with E-state index in [-0.39, 0.29) is 0 Å². The molecule has 0 aliphatic heterocycles. The van der Waals surface area contributed by atoms with Crippen molar-refractivity contribution < 1.29 is 37.9 Å². The van der Waals surface area contributed by atoms with E-state index < -0.39 is 5.41 Å². The summed E-state index contributed by atoms with van der Waals surface area (Å²) in [5.41, 5.74) is 33.9. The van der Waals surface area contributed by atoms with Gasteiger partial charge in [-0.3, -0.25) is 0 Å². The van der Waals surface area contributed by atoms with Gasteiger partial charge in [0.25, 0.3) is 0 Å². The number of aryl methyl sites for hydroxylation is 14. The maximum absolute atomic E-state index is 6.11. The van der Waals surface area contributed by atoms with Crippen LogP contribution < -0.4 is 57.5 Å². The van der Waals surface area contributed by atoms with E-state index in [0.29, 0.717) is 0 Å². The van der Waals surface area contributed by atoms with Crippen LogP contribution in [-0.2, 0) is 5.41 Å². The predicted octanol–water partition coefficient (Wildman–Crippen LogP) is 24.3. The lowest BCUT2D eigenvalue weighted by molar-refractivity contribution is 0.408. The van der Waals surface area contributed by atoms with E-state index in [0.717, 1.165) is 237 Å². The van der Waals surface area contributed by atoms with Crippen molar-refractivity contribution in [3.63, 3.8) is 0 Å². The standard InChI is InChI=1S/C95H96N4O8/c1-53-35-67(27-33-87(53)100-15)96(73-37-55(3)89(102-17)56(4)38-73)69-23-29-79-81-31-25-71(98(75-41-59(7)91(104-19)60(8)42-75)76-43-61(9)92(105-20)62(10)44-76)51-85(81)95(83(79)49-69)84-50-70(97(68-28-34-88(101-16)54(2)36-68)74-39-57(5)90(103-18)58(6)40-74)24-30-80(84)82-32-26-72(52-86(82)95)99(77-45-63(11)93(106-21)64(12)46-77)78-47-65(13)94(107-22)66(14)48-78/h23-52H,1-22H3. The molecule has 0 atom stereocenters. The highest BCUT2D eigenvalue weighted by Gasteiger charge is 2.53. The summed E-state index contributed by atoms with van der Waals surface area (Å²) in [5.74, 6) is 6.74. The second-order valence-corrected chi connectivity index (χ2v) is 29.0. The number of hydrogen-bond acceptors (Lipinski definition) is 12. The normalized spacial score (nSPS) is 12.1. The van der Waals surface area contributed by atoms with Gasteiger partial charge < -0.3 is 57.5 Å². The largest absolute Gasteiger partial charge is 0.496 e. The third-order valence-electron chi connectivity index (χ3n) is 22.0. The van der Waals surface area contributed by atoms with Gasteiger partial charge in [0.2, 0.25) is 0 Å². The van der Waals surface area contributed by atoms with Crippen molar-refractivity contribution in [1.82, 2.24) is 0 Å². The van der Waals surface area contributed by atoms with E-state index >= 15 is 0 Å². The van der Waals surface area contributed by atoms with Crippen LogP contribution in [0.4, 0.5) is 68.2 Å². The molecule has 2 aliphatic carbocycles. The topological polar surface area (TPSA) is 86.8 Å². The van der Waals surface area contributed by atoms with E-state index in [2.05, 4.69) is 299 Å². The van der Waals surface area contributed by atoms with Crippen LogP contribution in [0.2, 0.25) is 0 Å². The molecule has 12 aromatic rings. The van der Waals surface area contributed by atoms with Crippen LogP contribution in [0.1, 0.15) is 100 Å². The van der Waals surface area contributed by atoms with Gasteiger partial charge in [-0.15, -0.1) is 0 Å². The molecule has 0 aromatic heterocycles. The summed E-state index contributed by atoms with van der Waals surface area (Å²) in [4.78, 5) is 9.63. The van der Waals surface area contributed by atoms with Crippen molar-refractivity contribution in [3.05, 3.63) is 282 Å². The number of ether oxygens (including phenoxy) is 8. The average Bonchev–Trinajstić information content (AvgIpc) is 1.50. The minimum Gasteiger partial charge on any atom is -0.496 e. The second-order valence-electron chi connectivity index (χ2n) is 29.0. The first-order valence-corrected chi connectivity index (χ1v) is 36.4. The SMILES string of the molecule is COc1ccc(N(c2cc(C)c(OC)c(C)c2)c2ccc3c(c2)C2(c4cc(N(c5ccc(OC)c(C)c5)c5cc(C)c(OC)c(C)c5)ccc4-c4ccc(N(c5cc(C)c(OC)c(C)c5)c5cc(C)c(OC)c(C)c5)cc42)c2cc(N(c4cc(C)c(OC)c(C)c4)c4cc(C)c(OC)c(C)c4)ccc2-3)cc1C. The van der Waals surface area contributed by atoms with Gasteiger partial charge in [0.15, 0.2) is 0 Å². The van der Waals surface area contributed by atoms with Crippen molar-refractivity contribution in [3.8, 4) is 68.2 Å². The molecule has 0 heterocycles. The molecular weight excluding hydrogens is 1330 g/mol. The Morgan fingerprint density at radius 1 is 0.178 bits per heavy atom. The molecular formula is C95H96N4O8. The number of benzene rings is 12. The van der Waals surface area contributed by atoms with Gasteiger partial charge in [-0.25, -0.2) is 0 Å². The second kappa shape index (κ2) is 28.3. The zero-order chi connectivity index (χ0) is 75.9. The Morgan fingerprint density at radius 2 is 0.336 bits per heavy atom. The molecule has 2 aliphatic rings. The fourth-order valence-electron chi connectivity index (χ4n) is 17.8. The molecule has 0 fully saturated rings. The maximum atomic E-state index is 6.11. The lowest BCUT2D eigenvalue weighted by Crippen LogP contribution is -2.27. The van der Waals surface area contributed by atoms with Crippen LogP contribution >= 0.6 is 0 Å². The first kappa shape index (κ1) is 72.2. The highest BCUT2D eigenvalue weighted by molar-refractivity contribution is 6.00. The molecule has 0 unspecified atom stereocenters. The molecule has 0 saturated carbocycles. The van der Waals surface area contributed by atoms with Crippen LogP contribution in [-0.4, -0.2) is 56.9 Å². The van der Waals surface area contributed by atoms with Crippen LogP contribution in [0.25, 0.3) is 22.3 Å². The molecule has 12 aromatic carbocycles. The maximum Gasteiger partial charge on any atom is 0.124 e. The molecule has 0 bridgehead atoms. The summed E-state index contributed by atoms with van der Waals surface area (Å²) < 4.78 is 48.6. The zero-order valence-electron chi connectivity index (χ0n) is 65.9. The van der Waals surface area contributed by atoms with E-state index in [1.54, 1.807) is 56.9 Å². The highest BCUT2D eigenvalue weighted by atomic mass is 16.5. The van der Waals surface area contributed by atoms with Crippen LogP contribution in [0.5, 0.6) is 46.0 Å². The average molecular weight is 1420 g/mol. The number of hydrogen-bond donors (Lipinski definition) is 0. The number of anilines is 12. The third kappa shape index (κ3) is 12.0. The van der Waals surface area contributed by atoms with E-state index in [4.69, 9.17) is 37.9 Å². The van der Waals surface area contributed by atoms with Gasteiger partial charge in [0.1, 0.15) is 46.0 Å². The molecule has 0 N–H and O–H groups in total. The Kier molecular flexibility index (Phi) is 19.1. The van der Waals surface area contributed by atoms with Crippen molar-refractivity contribution in [2.24, 2.45) is 0 Å². The van der Waals surface area contributed by atoms with Crippen LogP contribution in [0, 0.1) is 96.9 Å². The number of methoxy groups -OCH3 is 8. The summed E-state index contributed by atoms with van der Waals surface area (Å²) in [6.45, 7) is 29.8. The summed E-state index contributed by atoms with van der Waals surface area (Å²) in [6, 6.07) is 68.6. The smallest absolute Gasteiger partial charge is 0.124 e. The molecule has 14 rings (SSSR count). The minimum atomic E-state index is -1.07. The first-order valence-electron chi connectivity index (χ1n) is 36.4. The lowest BCUT2D eigenvalue weighted by atomic mass is 9.70. The summed E-state index contributed by atoms with van der Waals surface area (Å²) in [5, 5.41) is 0. The summed E-state index contributed by atoms with van der Waals surface area (Å²) in [6.07, 6.45) is 0. The number of fused-ring (bicyclic) bond motifs is 10. The Hall–Kier alpha value is -11.8. The fourth-order valence-corrected chi connectivity index (χ4v) is 17.8. The highest BCUT2D eigenvalue weighted by Crippen LogP contribution is 2.66. The zero-order valence-corrected chi connectivity index (χ0v) is 65.9. The number of nitrogens with zero attached hydrogens (tertiary/aromatic N) is 4. The summed E-state index contributed by atoms with van der Waals surface area (Å²) in [7, 11) is 14.0. The van der Waals surface area contributed by atoms with E-state index in [1.807, 2.05) is 0 Å². The molecule has 1 spiro atoms. The molecule has 0 saturated heterocycles. The molecule has 544 valence electrons. The Labute approximate surface area is 631 Å². The lowest BCUT2D eigenvalue weighted by Gasteiger charge is -2.35. The van der Waals surface area contributed by atoms with Gasteiger partial charge in [-0.05, 0) is 377 Å². The number of rotatable bonds is 20. The quantitative estimate of drug-likeness (QED) is 0.0728. The van der Waals surface area contributed by atoms with E-state index in [1.165, 1.54) is 0 Å². The monoisotopic (exact) mass is 1420 g/mol. The van der Waals surface area contributed by atoms with Crippen molar-refractivity contribution in [2.45, 2.75) is 102 Å². The summed E-state index contributed by atoms with van der Waals surface area (Å²) >= 11 is 0. The predicted molar refractivity (Wildman–Crippen MR) is 440 cm³/mol. The van der Waals surface area contributed by atoms with Gasteiger partial charge in [-0.2, -0.15) is 0 Å². The fraction of sp³-hybridized carbons (Fsp3) is 0.242. The van der Waals surface area contributed by atoms with Gasteiger partial charge in [0.05, 0.1) is 62.3 Å². The minimum absolute atomic E-state index is 0.808. The third-order valence-corrected chi connectivity index (χ3v) is 22.0. The van der Waals surface area contributed by atoms with Crippen molar-refractivity contribution in [2.75, 3.05) is 76.5 Å². The molecule has 12 nitrogen and oxygen atoms in total. The molecule has 0 amide bonds. The Balaban J connectivity index is 1.16. The van der Waals surface area contributed by atoms with Gasteiger partial charge in [-0.1, -0.05) is 24.3 Å². The Bertz CT molecular complexity index is 4980.